The van der Waals surface area contributed by atoms with Crippen LogP contribution in [-0.4, -0.2) is 16.1 Å². The van der Waals surface area contributed by atoms with Crippen molar-refractivity contribution in [3.63, 3.8) is 0 Å². The number of aryl methyl sites for hydroxylation is 1. The maximum Gasteiger partial charge on any atom is 0.163 e. The topological polar surface area (TPSA) is 39.1 Å². The van der Waals surface area contributed by atoms with Gasteiger partial charge in [0.05, 0.1) is 0 Å². The Morgan fingerprint density at radius 1 is 1.13 bits per heavy atom. The molecule has 0 saturated heterocycles. The second-order valence-corrected chi connectivity index (χ2v) is 8.74. The Bertz CT molecular complexity index is 1180. The van der Waals surface area contributed by atoms with Crippen molar-refractivity contribution in [2.75, 3.05) is 0 Å². The van der Waals surface area contributed by atoms with Crippen LogP contribution in [0.5, 0.6) is 0 Å². The number of fused-ring (bicyclic) bond motifs is 5. The zero-order valence-corrected chi connectivity index (χ0v) is 18.5. The zero-order valence-electron chi connectivity index (χ0n) is 18.5. The van der Waals surface area contributed by atoms with E-state index in [1.54, 1.807) is 6.92 Å². The summed E-state index contributed by atoms with van der Waals surface area (Å²) in [6.45, 7) is 9.29. The summed E-state index contributed by atoms with van der Waals surface area (Å²) in [4.78, 5) is 24.4. The van der Waals surface area contributed by atoms with Crippen molar-refractivity contribution in [3.05, 3.63) is 58.7 Å². The molecule has 0 saturated carbocycles. The van der Waals surface area contributed by atoms with Crippen LogP contribution >= 0.6 is 0 Å². The van der Waals surface area contributed by atoms with Crippen LogP contribution in [-0.2, 0) is 13.0 Å². The zero-order chi connectivity index (χ0) is 21.4. The molecule has 0 aliphatic heterocycles. The van der Waals surface area contributed by atoms with E-state index in [0.717, 1.165) is 59.8 Å². The quantitative estimate of drug-likeness (QED) is 0.319. The molecule has 3 nitrogen and oxygen atoms in total. The first-order valence-corrected chi connectivity index (χ1v) is 11.2. The number of carbonyl (C=O) groups excluding carboxylic acids is 2. The van der Waals surface area contributed by atoms with E-state index in [1.165, 1.54) is 16.5 Å². The number of ketones is 2. The Morgan fingerprint density at radius 3 is 2.60 bits per heavy atom. The van der Waals surface area contributed by atoms with Gasteiger partial charge in [-0.15, -0.1) is 0 Å². The highest BCUT2D eigenvalue weighted by atomic mass is 16.1. The third kappa shape index (κ3) is 3.51. The van der Waals surface area contributed by atoms with E-state index >= 15 is 0 Å². The van der Waals surface area contributed by atoms with Crippen LogP contribution < -0.4 is 0 Å². The molecule has 1 heterocycles. The SMILES string of the molecule is CCC=C(CC)CC(C)Cn1c2ccc(C(C)=O)cc2c2c3c(ccc21)C(=O)CC3. The lowest BCUT2D eigenvalue weighted by Gasteiger charge is -2.16. The molecule has 0 amide bonds. The molecule has 4 rings (SSSR count). The maximum atomic E-state index is 12.4. The first-order chi connectivity index (χ1) is 14.4. The minimum Gasteiger partial charge on any atom is -0.340 e. The molecule has 1 aliphatic carbocycles. The van der Waals surface area contributed by atoms with Crippen LogP contribution in [0.3, 0.4) is 0 Å². The molecular formula is C27H31NO2. The van der Waals surface area contributed by atoms with Gasteiger partial charge >= 0.3 is 0 Å². The second-order valence-electron chi connectivity index (χ2n) is 8.74. The van der Waals surface area contributed by atoms with Gasteiger partial charge in [-0.05, 0) is 74.4 Å². The van der Waals surface area contributed by atoms with Crippen molar-refractivity contribution in [1.29, 1.82) is 0 Å². The van der Waals surface area contributed by atoms with Crippen molar-refractivity contribution in [3.8, 4) is 0 Å². The molecule has 0 radical (unpaired) electrons. The number of allylic oxidation sites excluding steroid dienone is 2. The lowest BCUT2D eigenvalue weighted by molar-refractivity contribution is 0.0991. The summed E-state index contributed by atoms with van der Waals surface area (Å²) in [7, 11) is 0. The largest absolute Gasteiger partial charge is 0.340 e. The van der Waals surface area contributed by atoms with E-state index in [0.29, 0.717) is 12.3 Å². The number of nitrogens with zero attached hydrogens (tertiary/aromatic N) is 1. The Labute approximate surface area is 178 Å². The fraction of sp³-hybridized carbons (Fsp3) is 0.407. The summed E-state index contributed by atoms with van der Waals surface area (Å²) < 4.78 is 2.40. The Hall–Kier alpha value is -2.68. The van der Waals surface area contributed by atoms with Gasteiger partial charge in [0.1, 0.15) is 0 Å². The highest BCUT2D eigenvalue weighted by Gasteiger charge is 2.25. The Balaban J connectivity index is 1.87. The minimum atomic E-state index is 0.0760. The summed E-state index contributed by atoms with van der Waals surface area (Å²) in [5, 5.41) is 2.28. The highest BCUT2D eigenvalue weighted by Crippen LogP contribution is 2.38. The predicted octanol–water partition coefficient (Wildman–Crippen LogP) is 6.90. The number of benzene rings is 2. The standard InChI is InChI=1S/C27H31NO2/c1-5-7-19(6-2)14-17(3)16-28-24-11-8-20(18(4)29)15-23(24)27-22-10-13-26(30)21(22)9-12-25(27)28/h7-9,11-12,15,17H,5-6,10,13-14,16H2,1-4H3. The number of rotatable bonds is 7. The van der Waals surface area contributed by atoms with E-state index in [-0.39, 0.29) is 11.6 Å². The summed E-state index contributed by atoms with van der Waals surface area (Å²) in [5.41, 5.74) is 6.62. The summed E-state index contributed by atoms with van der Waals surface area (Å²) >= 11 is 0. The average Bonchev–Trinajstić information content (AvgIpc) is 3.25. The molecule has 0 spiro atoms. The van der Waals surface area contributed by atoms with Gasteiger partial charge in [0.15, 0.2) is 11.6 Å². The van der Waals surface area contributed by atoms with Gasteiger partial charge in [-0.2, -0.15) is 0 Å². The van der Waals surface area contributed by atoms with Crippen LogP contribution in [0, 0.1) is 5.92 Å². The molecule has 156 valence electrons. The number of Topliss-reactive ketones (excluding diaryl/α,β-unsaturated/α-hetero) is 2. The monoisotopic (exact) mass is 401 g/mol. The third-order valence-corrected chi connectivity index (χ3v) is 6.50. The van der Waals surface area contributed by atoms with Gasteiger partial charge in [-0.1, -0.05) is 32.4 Å². The van der Waals surface area contributed by atoms with Crippen molar-refractivity contribution in [1.82, 2.24) is 4.57 Å². The summed E-state index contributed by atoms with van der Waals surface area (Å²) in [6, 6.07) is 10.2. The highest BCUT2D eigenvalue weighted by molar-refractivity contribution is 6.16. The van der Waals surface area contributed by atoms with Crippen LogP contribution in [0.4, 0.5) is 0 Å². The molecule has 3 heteroatoms. The number of carbonyl (C=O) groups is 2. The molecule has 0 N–H and O–H groups in total. The van der Waals surface area contributed by atoms with Crippen molar-refractivity contribution in [2.24, 2.45) is 5.92 Å². The molecule has 30 heavy (non-hydrogen) atoms. The molecule has 1 unspecified atom stereocenters. The normalized spacial score (nSPS) is 15.2. The van der Waals surface area contributed by atoms with Crippen LogP contribution in [0.15, 0.2) is 42.0 Å². The second kappa shape index (κ2) is 8.22. The smallest absolute Gasteiger partial charge is 0.163 e. The van der Waals surface area contributed by atoms with Gasteiger partial charge < -0.3 is 4.57 Å². The average molecular weight is 402 g/mol. The number of aromatic nitrogens is 1. The first-order valence-electron chi connectivity index (χ1n) is 11.2. The Kier molecular flexibility index (Phi) is 5.64. The fourth-order valence-electron chi connectivity index (χ4n) is 5.06. The molecule has 1 aliphatic rings. The van der Waals surface area contributed by atoms with Crippen LogP contribution in [0.25, 0.3) is 21.8 Å². The van der Waals surface area contributed by atoms with Crippen molar-refractivity contribution < 1.29 is 9.59 Å². The van der Waals surface area contributed by atoms with Crippen LogP contribution in [0.2, 0.25) is 0 Å². The maximum absolute atomic E-state index is 12.4. The molecule has 0 bridgehead atoms. The van der Waals surface area contributed by atoms with Gasteiger partial charge in [-0.25, -0.2) is 0 Å². The van der Waals surface area contributed by atoms with Gasteiger partial charge in [0, 0.05) is 45.9 Å². The molecule has 1 atom stereocenters. The van der Waals surface area contributed by atoms with E-state index in [1.807, 2.05) is 18.2 Å². The van der Waals surface area contributed by atoms with Gasteiger partial charge in [0.25, 0.3) is 0 Å². The predicted molar refractivity (Wildman–Crippen MR) is 125 cm³/mol. The first kappa shape index (κ1) is 20.6. The third-order valence-electron chi connectivity index (χ3n) is 6.50. The van der Waals surface area contributed by atoms with E-state index in [4.69, 9.17) is 0 Å². The van der Waals surface area contributed by atoms with E-state index in [9.17, 15) is 9.59 Å². The van der Waals surface area contributed by atoms with Crippen molar-refractivity contribution in [2.45, 2.75) is 66.3 Å². The van der Waals surface area contributed by atoms with Gasteiger partial charge in [-0.3, -0.25) is 9.59 Å². The Morgan fingerprint density at radius 2 is 1.90 bits per heavy atom. The van der Waals surface area contributed by atoms with E-state index in [2.05, 4.69) is 43.5 Å². The molecule has 3 aromatic rings. The van der Waals surface area contributed by atoms with Gasteiger partial charge in [0.2, 0.25) is 0 Å². The summed E-state index contributed by atoms with van der Waals surface area (Å²) in [5.74, 6) is 0.817. The molecule has 1 aromatic heterocycles. The lowest BCUT2D eigenvalue weighted by Crippen LogP contribution is -2.08. The molecule has 0 fully saturated rings. The fourth-order valence-corrected chi connectivity index (χ4v) is 5.06. The molecular weight excluding hydrogens is 370 g/mol. The minimum absolute atomic E-state index is 0.0760. The number of hydrogen-bond donors (Lipinski definition) is 0. The lowest BCUT2D eigenvalue weighted by atomic mass is 9.98. The summed E-state index contributed by atoms with van der Waals surface area (Å²) in [6.07, 6.45) is 7.03. The number of hydrogen-bond acceptors (Lipinski definition) is 2. The van der Waals surface area contributed by atoms with Crippen molar-refractivity contribution >= 4 is 33.4 Å². The van der Waals surface area contributed by atoms with E-state index < -0.39 is 0 Å². The molecule has 2 aromatic carbocycles. The van der Waals surface area contributed by atoms with Crippen LogP contribution in [0.1, 0.15) is 79.7 Å².